The Kier molecular flexibility index (Phi) is 5.58. The Labute approximate surface area is 143 Å². The van der Waals surface area contributed by atoms with E-state index in [-0.39, 0.29) is 0 Å². The number of nitrogens with zero attached hydrogens (tertiary/aromatic N) is 1. The van der Waals surface area contributed by atoms with Crippen LogP contribution in [0.1, 0.15) is 6.92 Å². The summed E-state index contributed by atoms with van der Waals surface area (Å²) in [6.07, 6.45) is -11.6. The van der Waals surface area contributed by atoms with Gasteiger partial charge in [0.25, 0.3) is 0 Å². The molecule has 6 N–H and O–H groups in total. The molecule has 0 spiro atoms. The Hall–Kier alpha value is -0.890. The van der Waals surface area contributed by atoms with Gasteiger partial charge in [-0.25, -0.2) is 4.99 Å². The van der Waals surface area contributed by atoms with Crippen LogP contribution in [0.4, 0.5) is 0 Å². The predicted octanol–water partition coefficient (Wildman–Crippen LogP) is -3.93. The first-order valence-corrected chi connectivity index (χ1v) is 7.98. The van der Waals surface area contributed by atoms with Gasteiger partial charge in [0.2, 0.25) is 6.29 Å². The molecule has 2 saturated heterocycles. The van der Waals surface area contributed by atoms with Crippen molar-refractivity contribution in [1.82, 2.24) is 0 Å². The second kappa shape index (κ2) is 7.39. The van der Waals surface area contributed by atoms with E-state index in [1.165, 1.54) is 0 Å². The highest BCUT2D eigenvalue weighted by molar-refractivity contribution is 5.75. The molecule has 3 aliphatic heterocycles. The molecule has 11 heteroatoms. The van der Waals surface area contributed by atoms with Crippen molar-refractivity contribution in [2.24, 2.45) is 4.99 Å². The summed E-state index contributed by atoms with van der Waals surface area (Å²) in [6.45, 7) is 0.473. The van der Waals surface area contributed by atoms with Crippen molar-refractivity contribution in [2.75, 3.05) is 13.2 Å². The molecular formula is C14H23NO10. The second-order valence-corrected chi connectivity index (χ2v) is 6.27. The molecule has 0 aromatic carbocycles. The Morgan fingerprint density at radius 1 is 0.920 bits per heavy atom. The number of hydrogen-bond acceptors (Lipinski definition) is 11. The van der Waals surface area contributed by atoms with Crippen LogP contribution < -0.4 is 0 Å². The van der Waals surface area contributed by atoms with Crippen LogP contribution in [0.25, 0.3) is 0 Å². The number of aliphatic hydroxyl groups excluding tert-OH is 6. The van der Waals surface area contributed by atoms with Crippen LogP contribution in [0.2, 0.25) is 0 Å². The number of hydrogen-bond donors (Lipinski definition) is 6. The van der Waals surface area contributed by atoms with Gasteiger partial charge in [0.1, 0.15) is 48.8 Å². The lowest BCUT2D eigenvalue weighted by molar-refractivity contribution is -0.341. The predicted molar refractivity (Wildman–Crippen MR) is 78.4 cm³/mol. The molecule has 0 aliphatic carbocycles. The largest absolute Gasteiger partial charge is 0.450 e. The van der Waals surface area contributed by atoms with Gasteiger partial charge in [0.05, 0.1) is 13.2 Å². The van der Waals surface area contributed by atoms with Crippen molar-refractivity contribution in [3.05, 3.63) is 0 Å². The number of rotatable bonds is 4. The molecule has 3 rings (SSSR count). The Balaban J connectivity index is 1.75. The lowest BCUT2D eigenvalue weighted by Crippen LogP contribution is -2.63. The van der Waals surface area contributed by atoms with Gasteiger partial charge in [-0.1, -0.05) is 0 Å². The normalized spacial score (nSPS) is 50.1. The van der Waals surface area contributed by atoms with E-state index in [0.29, 0.717) is 5.90 Å². The van der Waals surface area contributed by atoms with Gasteiger partial charge < -0.3 is 49.6 Å². The van der Waals surface area contributed by atoms with Crippen LogP contribution in [0.15, 0.2) is 4.99 Å². The van der Waals surface area contributed by atoms with Gasteiger partial charge in [0, 0.05) is 6.92 Å². The highest BCUT2D eigenvalue weighted by Gasteiger charge is 2.52. The highest BCUT2D eigenvalue weighted by atomic mass is 16.7. The molecule has 0 saturated carbocycles. The summed E-state index contributed by atoms with van der Waals surface area (Å²) in [4.78, 5) is 4.11. The zero-order valence-corrected chi connectivity index (χ0v) is 13.5. The fourth-order valence-corrected chi connectivity index (χ4v) is 3.20. The first-order valence-electron chi connectivity index (χ1n) is 7.98. The zero-order valence-electron chi connectivity index (χ0n) is 13.5. The average molecular weight is 365 g/mol. The SMILES string of the molecule is CC1=N[C@H]2[C@@H](O1)O[C@H](CO)[C@@H](O[C@@H]1O[C@H](CO)[C@@H](O)[C@H](O)[C@@H]1O)[C@@H]2O. The monoisotopic (exact) mass is 365 g/mol. The van der Waals surface area contributed by atoms with Crippen LogP contribution in [-0.2, 0) is 18.9 Å². The summed E-state index contributed by atoms with van der Waals surface area (Å²) in [5.74, 6) is 0.319. The summed E-state index contributed by atoms with van der Waals surface area (Å²) in [5.41, 5.74) is 0. The molecular weight excluding hydrogens is 342 g/mol. The smallest absolute Gasteiger partial charge is 0.227 e. The number of aliphatic hydroxyl groups is 6. The van der Waals surface area contributed by atoms with Crippen LogP contribution >= 0.6 is 0 Å². The van der Waals surface area contributed by atoms with Crippen LogP contribution in [-0.4, -0.2) is 111 Å². The maximum Gasteiger partial charge on any atom is 0.227 e. The number of aliphatic imine (C=N–C) groups is 1. The van der Waals surface area contributed by atoms with Crippen molar-refractivity contribution in [2.45, 2.75) is 68.3 Å². The van der Waals surface area contributed by atoms with E-state index < -0.39 is 74.6 Å². The lowest BCUT2D eigenvalue weighted by atomic mass is 9.96. The zero-order chi connectivity index (χ0) is 18.3. The van der Waals surface area contributed by atoms with Crippen molar-refractivity contribution in [1.29, 1.82) is 0 Å². The molecule has 0 radical (unpaired) electrons. The summed E-state index contributed by atoms with van der Waals surface area (Å²) >= 11 is 0. The summed E-state index contributed by atoms with van der Waals surface area (Å²) in [6, 6.07) is -0.780. The molecule has 11 nitrogen and oxygen atoms in total. The maximum absolute atomic E-state index is 10.5. The van der Waals surface area contributed by atoms with Crippen molar-refractivity contribution >= 4 is 5.90 Å². The van der Waals surface area contributed by atoms with E-state index in [4.69, 9.17) is 18.9 Å². The van der Waals surface area contributed by atoms with Gasteiger partial charge in [0.15, 0.2) is 12.2 Å². The van der Waals surface area contributed by atoms with Gasteiger partial charge in [-0.05, 0) is 0 Å². The third kappa shape index (κ3) is 3.39. The molecule has 0 bridgehead atoms. The third-order valence-electron chi connectivity index (χ3n) is 4.58. The second-order valence-electron chi connectivity index (χ2n) is 6.27. The minimum Gasteiger partial charge on any atom is -0.450 e. The van der Waals surface area contributed by atoms with Gasteiger partial charge in [-0.3, -0.25) is 0 Å². The van der Waals surface area contributed by atoms with Crippen molar-refractivity contribution < 1.29 is 49.6 Å². The molecule has 3 heterocycles. The Morgan fingerprint density at radius 2 is 1.60 bits per heavy atom. The van der Waals surface area contributed by atoms with Crippen LogP contribution in [0.5, 0.6) is 0 Å². The Bertz CT molecular complexity index is 502. The highest BCUT2D eigenvalue weighted by Crippen LogP contribution is 2.32. The van der Waals surface area contributed by atoms with E-state index in [1.54, 1.807) is 6.92 Å². The third-order valence-corrected chi connectivity index (χ3v) is 4.58. The quantitative estimate of drug-likeness (QED) is 0.289. The molecule has 25 heavy (non-hydrogen) atoms. The van der Waals surface area contributed by atoms with Crippen molar-refractivity contribution in [3.8, 4) is 0 Å². The fourth-order valence-electron chi connectivity index (χ4n) is 3.20. The number of ether oxygens (including phenoxy) is 4. The van der Waals surface area contributed by atoms with E-state index in [2.05, 4.69) is 4.99 Å². The molecule has 0 aromatic rings. The summed E-state index contributed by atoms with van der Waals surface area (Å²) in [5, 5.41) is 58.9. The van der Waals surface area contributed by atoms with E-state index in [9.17, 15) is 30.6 Å². The molecule has 2 fully saturated rings. The molecule has 0 unspecified atom stereocenters. The van der Waals surface area contributed by atoms with E-state index >= 15 is 0 Å². The topological polar surface area (TPSA) is 171 Å². The van der Waals surface area contributed by atoms with E-state index in [0.717, 1.165) is 0 Å². The van der Waals surface area contributed by atoms with Crippen LogP contribution in [0.3, 0.4) is 0 Å². The molecule has 10 atom stereocenters. The van der Waals surface area contributed by atoms with Gasteiger partial charge in [-0.15, -0.1) is 0 Å². The minimum atomic E-state index is -1.63. The first-order chi connectivity index (χ1) is 11.9. The van der Waals surface area contributed by atoms with Gasteiger partial charge >= 0.3 is 0 Å². The fraction of sp³-hybridized carbons (Fsp3) is 0.929. The Morgan fingerprint density at radius 3 is 2.24 bits per heavy atom. The summed E-state index contributed by atoms with van der Waals surface area (Å²) in [7, 11) is 0. The molecule has 0 amide bonds. The average Bonchev–Trinajstić information content (AvgIpc) is 2.97. The maximum atomic E-state index is 10.5. The van der Waals surface area contributed by atoms with E-state index in [1.807, 2.05) is 0 Å². The standard InChI is InChI=1S/C14H23NO10/c1-4-15-7-9(19)12(6(3-17)24-13(7)22-4)25-14-11(21)10(20)8(18)5(2-16)23-14/h5-14,16-21H,2-3H2,1H3/t5-,6-,7-,8-,9-,10+,11+,12-,13+,14+/m1/s1. The van der Waals surface area contributed by atoms with Crippen molar-refractivity contribution in [3.63, 3.8) is 0 Å². The van der Waals surface area contributed by atoms with Crippen LogP contribution in [0, 0.1) is 0 Å². The van der Waals surface area contributed by atoms with Gasteiger partial charge in [-0.2, -0.15) is 0 Å². The lowest BCUT2D eigenvalue weighted by Gasteiger charge is -2.44. The number of fused-ring (bicyclic) bond motifs is 1. The summed E-state index contributed by atoms with van der Waals surface area (Å²) < 4.78 is 21.6. The minimum absolute atomic E-state index is 0.319. The molecule has 3 aliphatic rings. The molecule has 0 aromatic heterocycles. The first kappa shape index (κ1) is 18.9. The molecule has 144 valence electrons.